The SMILES string of the molecule is CC/C=C/C=C/[C@H]1O[C@@](O)(C(C)C)C[C@@H](OC(=O)/C=C/C(=O)NC2=C(O)CCC2=O)[C@@H]1C. The van der Waals surface area contributed by atoms with Crippen LogP contribution in [0.25, 0.3) is 0 Å². The van der Waals surface area contributed by atoms with Gasteiger partial charge in [0.1, 0.15) is 17.6 Å². The van der Waals surface area contributed by atoms with Gasteiger partial charge in [0.05, 0.1) is 6.10 Å². The minimum absolute atomic E-state index is 0.0992. The number of amides is 1. The second kappa shape index (κ2) is 11.2. The average molecular weight is 448 g/mol. The molecule has 8 nitrogen and oxygen atoms in total. The van der Waals surface area contributed by atoms with Crippen molar-refractivity contribution in [2.75, 3.05) is 0 Å². The number of allylic oxidation sites excluding steroid dienone is 5. The van der Waals surface area contributed by atoms with Crippen LogP contribution in [-0.2, 0) is 23.9 Å². The van der Waals surface area contributed by atoms with Gasteiger partial charge in [0.2, 0.25) is 5.91 Å². The van der Waals surface area contributed by atoms with Gasteiger partial charge in [-0.25, -0.2) is 4.79 Å². The van der Waals surface area contributed by atoms with Gasteiger partial charge in [-0.2, -0.15) is 0 Å². The summed E-state index contributed by atoms with van der Waals surface area (Å²) >= 11 is 0. The first-order valence-electron chi connectivity index (χ1n) is 11.0. The van der Waals surface area contributed by atoms with E-state index in [1.54, 1.807) is 0 Å². The van der Waals surface area contributed by atoms with E-state index in [9.17, 15) is 24.6 Å². The molecule has 2 rings (SSSR count). The lowest BCUT2D eigenvalue weighted by atomic mass is 9.84. The van der Waals surface area contributed by atoms with Crippen LogP contribution in [0.1, 0.15) is 53.4 Å². The molecule has 8 heteroatoms. The van der Waals surface area contributed by atoms with E-state index < -0.39 is 29.9 Å². The number of esters is 1. The summed E-state index contributed by atoms with van der Waals surface area (Å²) in [6, 6.07) is 0. The van der Waals surface area contributed by atoms with Crippen LogP contribution in [0.15, 0.2) is 47.9 Å². The van der Waals surface area contributed by atoms with Gasteiger partial charge in [0.15, 0.2) is 11.6 Å². The van der Waals surface area contributed by atoms with Crippen LogP contribution in [0, 0.1) is 11.8 Å². The topological polar surface area (TPSA) is 122 Å². The Labute approximate surface area is 188 Å². The maximum Gasteiger partial charge on any atom is 0.331 e. The molecule has 2 aliphatic rings. The summed E-state index contributed by atoms with van der Waals surface area (Å²) < 4.78 is 11.5. The van der Waals surface area contributed by atoms with Crippen molar-refractivity contribution in [2.45, 2.75) is 71.4 Å². The predicted octanol–water partition coefficient (Wildman–Crippen LogP) is 3.00. The van der Waals surface area contributed by atoms with Gasteiger partial charge in [0.25, 0.3) is 0 Å². The first kappa shape index (κ1) is 25.5. The van der Waals surface area contributed by atoms with E-state index in [1.165, 1.54) is 0 Å². The molecule has 1 aliphatic carbocycles. The molecule has 0 aromatic rings. The Hall–Kier alpha value is -2.71. The summed E-state index contributed by atoms with van der Waals surface area (Å²) in [5.41, 5.74) is -0.139. The van der Waals surface area contributed by atoms with Crippen molar-refractivity contribution in [3.8, 4) is 0 Å². The largest absolute Gasteiger partial charge is 0.510 e. The van der Waals surface area contributed by atoms with Gasteiger partial charge in [-0.3, -0.25) is 9.59 Å². The number of hydrogen-bond acceptors (Lipinski definition) is 7. The zero-order chi connectivity index (χ0) is 23.9. The van der Waals surface area contributed by atoms with Crippen molar-refractivity contribution in [3.63, 3.8) is 0 Å². The van der Waals surface area contributed by atoms with Gasteiger partial charge in [0, 0.05) is 43.3 Å². The average Bonchev–Trinajstić information content (AvgIpc) is 3.04. The van der Waals surface area contributed by atoms with Crippen molar-refractivity contribution in [1.29, 1.82) is 0 Å². The standard InChI is InChI=1S/C24H33NO7/c1-5-6-7-8-9-19-16(4)20(14-24(30,32-19)15(2)3)31-22(29)13-12-21(28)25-23-17(26)10-11-18(23)27/h6-9,12-13,15-16,19-20,26,30H,5,10-11,14H2,1-4H3,(H,25,28)/b7-6+,9-8+,13-12+/t16-,19-,20-,24-/m1/s1. The Balaban J connectivity index is 2.05. The van der Waals surface area contributed by atoms with Crippen LogP contribution in [0.4, 0.5) is 0 Å². The number of carbonyl (C=O) groups excluding carboxylic acids is 3. The van der Waals surface area contributed by atoms with E-state index >= 15 is 0 Å². The summed E-state index contributed by atoms with van der Waals surface area (Å²) in [5, 5.41) is 22.9. The molecule has 176 valence electrons. The second-order valence-electron chi connectivity index (χ2n) is 8.41. The Morgan fingerprint density at radius 1 is 1.28 bits per heavy atom. The van der Waals surface area contributed by atoms with E-state index in [4.69, 9.17) is 9.47 Å². The fraction of sp³-hybridized carbons (Fsp3) is 0.542. The first-order valence-corrected chi connectivity index (χ1v) is 11.0. The number of aliphatic hydroxyl groups excluding tert-OH is 1. The first-order chi connectivity index (χ1) is 15.1. The molecule has 32 heavy (non-hydrogen) atoms. The molecule has 0 unspecified atom stereocenters. The Morgan fingerprint density at radius 2 is 2.00 bits per heavy atom. The molecule has 4 atom stereocenters. The van der Waals surface area contributed by atoms with Crippen molar-refractivity contribution in [3.05, 3.63) is 47.9 Å². The number of ketones is 1. The highest BCUT2D eigenvalue weighted by Gasteiger charge is 2.47. The maximum absolute atomic E-state index is 12.3. The summed E-state index contributed by atoms with van der Waals surface area (Å²) in [4.78, 5) is 36.0. The fourth-order valence-corrected chi connectivity index (χ4v) is 3.48. The normalized spacial score (nSPS) is 29.1. The van der Waals surface area contributed by atoms with Gasteiger partial charge in [-0.05, 0) is 6.42 Å². The van der Waals surface area contributed by atoms with Crippen molar-refractivity contribution in [1.82, 2.24) is 5.32 Å². The Kier molecular flexibility index (Phi) is 8.98. The number of ether oxygens (including phenoxy) is 2. The fourth-order valence-electron chi connectivity index (χ4n) is 3.48. The smallest absolute Gasteiger partial charge is 0.331 e. The Bertz CT molecular complexity index is 839. The molecule has 3 N–H and O–H groups in total. The second-order valence-corrected chi connectivity index (χ2v) is 8.41. The third-order valence-electron chi connectivity index (χ3n) is 5.67. The molecule has 0 spiro atoms. The third kappa shape index (κ3) is 6.64. The number of aliphatic hydroxyl groups is 2. The van der Waals surface area contributed by atoms with Crippen LogP contribution in [0.3, 0.4) is 0 Å². The molecule has 1 saturated heterocycles. The molecule has 0 aromatic carbocycles. The number of nitrogens with one attached hydrogen (secondary N) is 1. The number of hydrogen-bond donors (Lipinski definition) is 3. The molecule has 1 amide bonds. The van der Waals surface area contributed by atoms with E-state index in [1.807, 2.05) is 52.0 Å². The summed E-state index contributed by atoms with van der Waals surface area (Å²) in [6.07, 6.45) is 9.66. The number of rotatable bonds is 8. The minimum Gasteiger partial charge on any atom is -0.510 e. The third-order valence-corrected chi connectivity index (χ3v) is 5.67. The van der Waals surface area contributed by atoms with Crippen LogP contribution in [0.2, 0.25) is 0 Å². The van der Waals surface area contributed by atoms with E-state index in [0.29, 0.717) is 0 Å². The molecule has 1 fully saturated rings. The highest BCUT2D eigenvalue weighted by molar-refractivity contribution is 6.04. The lowest BCUT2D eigenvalue weighted by Crippen LogP contribution is -2.54. The van der Waals surface area contributed by atoms with Gasteiger partial charge in [-0.1, -0.05) is 52.0 Å². The van der Waals surface area contributed by atoms with Crippen molar-refractivity contribution < 1.29 is 34.1 Å². The van der Waals surface area contributed by atoms with Gasteiger partial charge in [-0.15, -0.1) is 0 Å². The van der Waals surface area contributed by atoms with E-state index in [0.717, 1.165) is 18.6 Å². The highest BCUT2D eigenvalue weighted by Crippen LogP contribution is 2.38. The highest BCUT2D eigenvalue weighted by atomic mass is 16.6. The summed E-state index contributed by atoms with van der Waals surface area (Å²) in [5.74, 6) is -3.93. The zero-order valence-electron chi connectivity index (χ0n) is 19.0. The molecule has 0 bridgehead atoms. The summed E-state index contributed by atoms with van der Waals surface area (Å²) in [7, 11) is 0. The summed E-state index contributed by atoms with van der Waals surface area (Å²) in [6.45, 7) is 7.54. The minimum atomic E-state index is -1.46. The predicted molar refractivity (Wildman–Crippen MR) is 118 cm³/mol. The van der Waals surface area contributed by atoms with Crippen molar-refractivity contribution in [2.24, 2.45) is 11.8 Å². The van der Waals surface area contributed by atoms with Crippen LogP contribution < -0.4 is 5.32 Å². The van der Waals surface area contributed by atoms with Gasteiger partial charge >= 0.3 is 5.97 Å². The quantitative estimate of drug-likeness (QED) is 0.297. The molecule has 0 saturated carbocycles. The van der Waals surface area contributed by atoms with E-state index in [-0.39, 0.29) is 48.3 Å². The van der Waals surface area contributed by atoms with Gasteiger partial charge < -0.3 is 25.0 Å². The molecule has 1 aliphatic heterocycles. The molecule has 0 radical (unpaired) electrons. The molecule has 1 heterocycles. The molecule has 0 aromatic heterocycles. The number of carbonyl (C=O) groups is 3. The molecular weight excluding hydrogens is 414 g/mol. The lowest BCUT2D eigenvalue weighted by molar-refractivity contribution is -0.298. The monoisotopic (exact) mass is 447 g/mol. The zero-order valence-corrected chi connectivity index (χ0v) is 19.0. The number of Topliss-reactive ketones (excluding diaryl/α,β-unsaturated/α-hetero) is 1. The van der Waals surface area contributed by atoms with Crippen LogP contribution in [0.5, 0.6) is 0 Å². The lowest BCUT2D eigenvalue weighted by Gasteiger charge is -2.45. The molecular formula is C24H33NO7. The Morgan fingerprint density at radius 3 is 2.59 bits per heavy atom. The van der Waals surface area contributed by atoms with E-state index in [2.05, 4.69) is 5.32 Å². The maximum atomic E-state index is 12.3. The van der Waals surface area contributed by atoms with Crippen LogP contribution >= 0.6 is 0 Å². The van der Waals surface area contributed by atoms with Crippen LogP contribution in [-0.4, -0.2) is 45.9 Å². The van der Waals surface area contributed by atoms with Crippen molar-refractivity contribution >= 4 is 17.7 Å².